The quantitative estimate of drug-likeness (QED) is 0.733. The Kier molecular flexibility index (Phi) is 3.81. The van der Waals surface area contributed by atoms with Crippen molar-refractivity contribution < 1.29 is 9.53 Å². The SMILES string of the molecule is O=Cc1cnc(OCCc2ccccc2)nc1. The third-order valence-corrected chi connectivity index (χ3v) is 2.25. The molecule has 0 radical (unpaired) electrons. The van der Waals surface area contributed by atoms with Crippen molar-refractivity contribution in [2.24, 2.45) is 0 Å². The van der Waals surface area contributed by atoms with E-state index in [2.05, 4.69) is 9.97 Å². The Bertz CT molecular complexity index is 469. The van der Waals surface area contributed by atoms with Crippen LogP contribution < -0.4 is 4.74 Å². The topological polar surface area (TPSA) is 52.1 Å². The summed E-state index contributed by atoms with van der Waals surface area (Å²) in [6.45, 7) is 0.518. The summed E-state index contributed by atoms with van der Waals surface area (Å²) in [5.41, 5.74) is 1.65. The van der Waals surface area contributed by atoms with Gasteiger partial charge in [0, 0.05) is 18.8 Å². The van der Waals surface area contributed by atoms with Crippen LogP contribution in [0.1, 0.15) is 15.9 Å². The fraction of sp³-hybridized carbons (Fsp3) is 0.154. The van der Waals surface area contributed by atoms with Crippen molar-refractivity contribution in [1.29, 1.82) is 0 Å². The average Bonchev–Trinajstić information content (AvgIpc) is 2.41. The molecule has 1 aromatic carbocycles. The molecule has 0 amide bonds. The van der Waals surface area contributed by atoms with Crippen LogP contribution in [0, 0.1) is 0 Å². The number of aromatic nitrogens is 2. The van der Waals surface area contributed by atoms with Gasteiger partial charge in [-0.25, -0.2) is 9.97 Å². The molecule has 0 aliphatic rings. The van der Waals surface area contributed by atoms with Gasteiger partial charge in [-0.3, -0.25) is 4.79 Å². The number of nitrogens with zero attached hydrogens (tertiary/aromatic N) is 2. The van der Waals surface area contributed by atoms with Gasteiger partial charge < -0.3 is 4.74 Å². The normalized spacial score (nSPS) is 9.88. The van der Waals surface area contributed by atoms with Gasteiger partial charge in [0.25, 0.3) is 0 Å². The smallest absolute Gasteiger partial charge is 0.316 e. The minimum atomic E-state index is 0.298. The summed E-state index contributed by atoms with van der Waals surface area (Å²) in [6.07, 6.45) is 4.39. The predicted molar refractivity (Wildman–Crippen MR) is 63.1 cm³/mol. The van der Waals surface area contributed by atoms with Gasteiger partial charge in [-0.1, -0.05) is 30.3 Å². The Morgan fingerprint density at radius 2 is 1.82 bits per heavy atom. The van der Waals surface area contributed by atoms with Crippen molar-refractivity contribution in [1.82, 2.24) is 9.97 Å². The summed E-state index contributed by atoms with van der Waals surface area (Å²) >= 11 is 0. The van der Waals surface area contributed by atoms with Gasteiger partial charge in [0.05, 0.1) is 12.2 Å². The molecule has 1 heterocycles. The van der Waals surface area contributed by atoms with E-state index in [1.54, 1.807) is 0 Å². The van der Waals surface area contributed by atoms with Crippen molar-refractivity contribution in [3.8, 4) is 6.01 Å². The Balaban J connectivity index is 1.84. The molecule has 0 atom stereocenters. The summed E-state index contributed by atoms with van der Waals surface area (Å²) < 4.78 is 5.37. The van der Waals surface area contributed by atoms with Crippen molar-refractivity contribution in [3.63, 3.8) is 0 Å². The van der Waals surface area contributed by atoms with Gasteiger partial charge in [0.2, 0.25) is 0 Å². The molecule has 4 heteroatoms. The minimum Gasteiger partial charge on any atom is -0.463 e. The molecule has 0 fully saturated rings. The number of carbonyl (C=O) groups excluding carboxylic acids is 1. The lowest BCUT2D eigenvalue weighted by Crippen LogP contribution is -2.04. The number of hydrogen-bond acceptors (Lipinski definition) is 4. The average molecular weight is 228 g/mol. The van der Waals surface area contributed by atoms with Crippen LogP contribution >= 0.6 is 0 Å². The van der Waals surface area contributed by atoms with Gasteiger partial charge in [0.15, 0.2) is 6.29 Å². The van der Waals surface area contributed by atoms with E-state index in [1.165, 1.54) is 18.0 Å². The number of hydrogen-bond donors (Lipinski definition) is 0. The first-order valence-corrected chi connectivity index (χ1v) is 5.32. The van der Waals surface area contributed by atoms with Gasteiger partial charge in [-0.15, -0.1) is 0 Å². The maximum Gasteiger partial charge on any atom is 0.316 e. The third-order valence-electron chi connectivity index (χ3n) is 2.25. The molecule has 2 aromatic rings. The van der Waals surface area contributed by atoms with E-state index in [0.29, 0.717) is 24.5 Å². The fourth-order valence-corrected chi connectivity index (χ4v) is 1.37. The van der Waals surface area contributed by atoms with E-state index < -0.39 is 0 Å². The molecular weight excluding hydrogens is 216 g/mol. The molecule has 0 aliphatic carbocycles. The van der Waals surface area contributed by atoms with Crippen LogP contribution in [0.2, 0.25) is 0 Å². The first-order chi connectivity index (χ1) is 8.38. The van der Waals surface area contributed by atoms with Gasteiger partial charge in [-0.05, 0) is 5.56 Å². The molecule has 86 valence electrons. The maximum absolute atomic E-state index is 10.4. The molecule has 0 unspecified atom stereocenters. The van der Waals surface area contributed by atoms with Crippen LogP contribution in [0.4, 0.5) is 0 Å². The van der Waals surface area contributed by atoms with Crippen LogP contribution in [0.15, 0.2) is 42.7 Å². The van der Waals surface area contributed by atoms with Crippen molar-refractivity contribution in [2.75, 3.05) is 6.61 Å². The maximum atomic E-state index is 10.4. The van der Waals surface area contributed by atoms with Crippen LogP contribution in [0.25, 0.3) is 0 Å². The lowest BCUT2D eigenvalue weighted by atomic mass is 10.2. The Labute approximate surface area is 99.3 Å². The number of carbonyl (C=O) groups is 1. The summed E-state index contributed by atoms with van der Waals surface area (Å²) in [7, 11) is 0. The molecule has 2 rings (SSSR count). The summed E-state index contributed by atoms with van der Waals surface area (Å²) in [4.78, 5) is 18.2. The minimum absolute atomic E-state index is 0.298. The molecule has 1 aromatic heterocycles. The van der Waals surface area contributed by atoms with Gasteiger partial charge >= 0.3 is 6.01 Å². The highest BCUT2D eigenvalue weighted by Crippen LogP contribution is 2.03. The largest absolute Gasteiger partial charge is 0.463 e. The first-order valence-electron chi connectivity index (χ1n) is 5.32. The Morgan fingerprint density at radius 1 is 1.12 bits per heavy atom. The molecule has 0 bridgehead atoms. The third kappa shape index (κ3) is 3.38. The van der Waals surface area contributed by atoms with Crippen LogP contribution in [-0.2, 0) is 6.42 Å². The number of ether oxygens (including phenoxy) is 1. The highest BCUT2D eigenvalue weighted by Gasteiger charge is 1.98. The first kappa shape index (κ1) is 11.3. The summed E-state index contributed by atoms with van der Waals surface area (Å²) in [5, 5.41) is 0. The molecule has 0 saturated heterocycles. The Morgan fingerprint density at radius 3 is 2.47 bits per heavy atom. The zero-order chi connectivity index (χ0) is 11.9. The Hall–Kier alpha value is -2.23. The molecular formula is C13H12N2O2. The van der Waals surface area contributed by atoms with E-state index in [-0.39, 0.29) is 0 Å². The number of aldehydes is 1. The zero-order valence-corrected chi connectivity index (χ0v) is 9.24. The number of benzene rings is 1. The molecule has 17 heavy (non-hydrogen) atoms. The molecule has 0 aliphatic heterocycles. The van der Waals surface area contributed by atoms with Crippen LogP contribution in [0.5, 0.6) is 6.01 Å². The monoisotopic (exact) mass is 228 g/mol. The second-order valence-corrected chi connectivity index (χ2v) is 3.50. The fourth-order valence-electron chi connectivity index (χ4n) is 1.37. The van der Waals surface area contributed by atoms with Gasteiger partial charge in [0.1, 0.15) is 0 Å². The molecule has 0 saturated carbocycles. The zero-order valence-electron chi connectivity index (χ0n) is 9.24. The lowest BCUT2D eigenvalue weighted by molar-refractivity contribution is 0.112. The van der Waals surface area contributed by atoms with Crippen molar-refractivity contribution in [2.45, 2.75) is 6.42 Å². The second-order valence-electron chi connectivity index (χ2n) is 3.50. The highest BCUT2D eigenvalue weighted by atomic mass is 16.5. The molecule has 0 spiro atoms. The van der Waals surface area contributed by atoms with E-state index in [4.69, 9.17) is 4.74 Å². The lowest BCUT2D eigenvalue weighted by Gasteiger charge is -2.03. The van der Waals surface area contributed by atoms with Crippen LogP contribution in [0.3, 0.4) is 0 Å². The predicted octanol–water partition coefficient (Wildman–Crippen LogP) is 1.91. The van der Waals surface area contributed by atoms with Crippen LogP contribution in [-0.4, -0.2) is 22.9 Å². The summed E-state index contributed by atoms with van der Waals surface area (Å²) in [6, 6.07) is 10.3. The standard InChI is InChI=1S/C13H12N2O2/c16-10-12-8-14-13(15-9-12)17-7-6-11-4-2-1-3-5-11/h1-5,8-10H,6-7H2. The van der Waals surface area contributed by atoms with Gasteiger partial charge in [-0.2, -0.15) is 0 Å². The number of rotatable bonds is 5. The van der Waals surface area contributed by atoms with E-state index in [9.17, 15) is 4.79 Å². The van der Waals surface area contributed by atoms with E-state index in [1.807, 2.05) is 30.3 Å². The summed E-state index contributed by atoms with van der Waals surface area (Å²) in [5.74, 6) is 0. The molecule has 4 nitrogen and oxygen atoms in total. The molecule has 0 N–H and O–H groups in total. The second kappa shape index (κ2) is 5.75. The van der Waals surface area contributed by atoms with Crippen molar-refractivity contribution in [3.05, 3.63) is 53.9 Å². The van der Waals surface area contributed by atoms with E-state index >= 15 is 0 Å². The highest BCUT2D eigenvalue weighted by molar-refractivity contribution is 5.73. The van der Waals surface area contributed by atoms with Crippen molar-refractivity contribution >= 4 is 6.29 Å². The van der Waals surface area contributed by atoms with E-state index in [0.717, 1.165) is 6.42 Å².